The molecule has 0 unspecified atom stereocenters. The number of rotatable bonds is 8. The van der Waals surface area contributed by atoms with Gasteiger partial charge < -0.3 is 20.1 Å². The van der Waals surface area contributed by atoms with Crippen LogP contribution in [0, 0.1) is 0 Å². The van der Waals surface area contributed by atoms with Crippen LogP contribution < -0.4 is 10.6 Å². The smallest absolute Gasteiger partial charge is 0.229 e. The second-order valence-corrected chi connectivity index (χ2v) is 8.36. The Kier molecular flexibility index (Phi) is 6.88. The van der Waals surface area contributed by atoms with Crippen LogP contribution in [0.2, 0.25) is 0 Å². The Labute approximate surface area is 188 Å². The summed E-state index contributed by atoms with van der Waals surface area (Å²) in [5, 5.41) is 12.4. The molecular formula is C23H31N7O2. The maximum Gasteiger partial charge on any atom is 0.229 e. The fraction of sp³-hybridized carbons (Fsp3) is 0.522. The quantitative estimate of drug-likeness (QED) is 0.519. The van der Waals surface area contributed by atoms with Crippen LogP contribution in [0.5, 0.6) is 0 Å². The molecule has 0 atom stereocenters. The van der Waals surface area contributed by atoms with Crippen molar-refractivity contribution in [2.45, 2.75) is 25.4 Å². The molecule has 0 spiro atoms. The van der Waals surface area contributed by atoms with Gasteiger partial charge in [0.2, 0.25) is 5.95 Å². The molecule has 1 aromatic carbocycles. The van der Waals surface area contributed by atoms with Gasteiger partial charge in [0, 0.05) is 57.8 Å². The predicted molar refractivity (Wildman–Crippen MR) is 123 cm³/mol. The van der Waals surface area contributed by atoms with Crippen LogP contribution in [0.25, 0.3) is 11.0 Å². The number of morpholine rings is 1. The molecule has 0 radical (unpaired) electrons. The Hall–Kier alpha value is -2.59. The predicted octanol–water partition coefficient (Wildman–Crippen LogP) is 2.34. The molecule has 0 amide bonds. The number of nitrogens with one attached hydrogen (secondary N) is 2. The summed E-state index contributed by atoms with van der Waals surface area (Å²) in [6.45, 7) is 8.22. The highest BCUT2D eigenvalue weighted by molar-refractivity contribution is 5.75. The highest BCUT2D eigenvalue weighted by atomic mass is 16.5. The Balaban J connectivity index is 1.16. The molecule has 170 valence electrons. The number of aromatic nitrogens is 4. The highest BCUT2D eigenvalue weighted by Crippen LogP contribution is 2.25. The molecule has 2 fully saturated rings. The first kappa shape index (κ1) is 21.3. The maximum absolute atomic E-state index is 5.48. The van der Waals surface area contributed by atoms with Crippen molar-refractivity contribution in [3.05, 3.63) is 42.2 Å². The summed E-state index contributed by atoms with van der Waals surface area (Å²) >= 11 is 0. The fourth-order valence-corrected chi connectivity index (χ4v) is 4.22. The summed E-state index contributed by atoms with van der Waals surface area (Å²) in [5.74, 6) is 0.586. The lowest BCUT2D eigenvalue weighted by molar-refractivity contribution is 0.0384. The molecule has 32 heavy (non-hydrogen) atoms. The van der Waals surface area contributed by atoms with Crippen molar-refractivity contribution < 1.29 is 9.47 Å². The number of anilines is 2. The number of fused-ring (bicyclic) bond motifs is 1. The molecular weight excluding hydrogens is 406 g/mol. The minimum Gasteiger partial charge on any atom is -0.381 e. The molecule has 2 aliphatic rings. The summed E-state index contributed by atoms with van der Waals surface area (Å²) in [6.07, 6.45) is 5.60. The third-order valence-electron chi connectivity index (χ3n) is 6.12. The van der Waals surface area contributed by atoms with Gasteiger partial charge in [-0.25, -0.2) is 9.67 Å². The lowest BCUT2D eigenvalue weighted by Gasteiger charge is -2.26. The number of ether oxygens (including phenoxy) is 2. The second kappa shape index (κ2) is 10.4. The van der Waals surface area contributed by atoms with Crippen molar-refractivity contribution in [1.82, 2.24) is 30.0 Å². The van der Waals surface area contributed by atoms with Crippen LogP contribution in [0.4, 0.5) is 11.6 Å². The standard InChI is InChI=1S/C23H31N7O2/c1-3-20(4-2-18(1)15-24-7-8-29-9-13-32-14-10-29)27-23-25-16-19-17-26-30(22(19)28-23)21-5-11-31-12-6-21/h1-4,16-17,21,24H,5-15H2,(H,25,27,28). The Morgan fingerprint density at radius 3 is 2.56 bits per heavy atom. The van der Waals surface area contributed by atoms with E-state index in [-0.39, 0.29) is 0 Å². The lowest BCUT2D eigenvalue weighted by Crippen LogP contribution is -2.40. The van der Waals surface area contributed by atoms with Gasteiger partial charge >= 0.3 is 0 Å². The molecule has 9 heteroatoms. The van der Waals surface area contributed by atoms with Gasteiger partial charge in [-0.15, -0.1) is 0 Å². The maximum atomic E-state index is 5.48. The second-order valence-electron chi connectivity index (χ2n) is 8.36. The van der Waals surface area contributed by atoms with E-state index in [0.29, 0.717) is 12.0 Å². The van der Waals surface area contributed by atoms with Crippen molar-refractivity contribution in [3.8, 4) is 0 Å². The van der Waals surface area contributed by atoms with E-state index in [9.17, 15) is 0 Å². The van der Waals surface area contributed by atoms with E-state index in [1.54, 1.807) is 0 Å². The van der Waals surface area contributed by atoms with Gasteiger partial charge in [0.05, 0.1) is 30.8 Å². The first-order valence-corrected chi connectivity index (χ1v) is 11.5. The summed E-state index contributed by atoms with van der Waals surface area (Å²) in [4.78, 5) is 11.6. The van der Waals surface area contributed by atoms with Gasteiger partial charge in [0.15, 0.2) is 5.65 Å². The van der Waals surface area contributed by atoms with E-state index in [2.05, 4.69) is 49.9 Å². The van der Waals surface area contributed by atoms with Crippen molar-refractivity contribution in [1.29, 1.82) is 0 Å². The van der Waals surface area contributed by atoms with Crippen molar-refractivity contribution >= 4 is 22.7 Å². The van der Waals surface area contributed by atoms with Crippen molar-refractivity contribution in [3.63, 3.8) is 0 Å². The third kappa shape index (κ3) is 5.24. The van der Waals surface area contributed by atoms with E-state index in [4.69, 9.17) is 14.5 Å². The number of benzene rings is 1. The highest BCUT2D eigenvalue weighted by Gasteiger charge is 2.19. The summed E-state index contributed by atoms with van der Waals surface area (Å²) in [7, 11) is 0. The van der Waals surface area contributed by atoms with Crippen molar-refractivity contribution in [2.75, 3.05) is 57.9 Å². The molecule has 0 bridgehead atoms. The molecule has 4 heterocycles. The van der Waals surface area contributed by atoms with Gasteiger partial charge in [-0.3, -0.25) is 4.90 Å². The van der Waals surface area contributed by atoms with E-state index < -0.39 is 0 Å². The minimum absolute atomic E-state index is 0.332. The number of nitrogens with zero attached hydrogens (tertiary/aromatic N) is 5. The van der Waals surface area contributed by atoms with Crippen LogP contribution in [0.15, 0.2) is 36.7 Å². The van der Waals surface area contributed by atoms with Crippen molar-refractivity contribution in [2.24, 2.45) is 0 Å². The minimum atomic E-state index is 0.332. The first-order valence-electron chi connectivity index (χ1n) is 11.5. The molecule has 2 saturated heterocycles. The normalized spacial score (nSPS) is 18.2. The molecule has 2 aromatic heterocycles. The van der Waals surface area contributed by atoms with Gasteiger partial charge in [-0.2, -0.15) is 10.1 Å². The zero-order valence-corrected chi connectivity index (χ0v) is 18.4. The Bertz CT molecular complexity index is 995. The molecule has 5 rings (SSSR count). The van der Waals surface area contributed by atoms with E-state index in [1.165, 1.54) is 5.56 Å². The molecule has 0 saturated carbocycles. The largest absolute Gasteiger partial charge is 0.381 e. The first-order chi connectivity index (χ1) is 15.8. The summed E-state index contributed by atoms with van der Waals surface area (Å²) < 4.78 is 12.9. The third-order valence-corrected chi connectivity index (χ3v) is 6.12. The SMILES string of the molecule is c1cc(Nc2ncc3cnn(C4CCOCC4)c3n2)ccc1CNCCN1CCOCC1. The average Bonchev–Trinajstić information content (AvgIpc) is 3.27. The molecule has 2 aliphatic heterocycles. The molecule has 3 aromatic rings. The average molecular weight is 438 g/mol. The van der Waals surface area contributed by atoms with Crippen LogP contribution >= 0.6 is 0 Å². The molecule has 0 aliphatic carbocycles. The number of hydrogen-bond acceptors (Lipinski definition) is 8. The summed E-state index contributed by atoms with van der Waals surface area (Å²) in [5.41, 5.74) is 3.10. The van der Waals surface area contributed by atoms with Crippen LogP contribution in [0.3, 0.4) is 0 Å². The van der Waals surface area contributed by atoms with Gasteiger partial charge in [-0.05, 0) is 30.5 Å². The fourth-order valence-electron chi connectivity index (χ4n) is 4.22. The monoisotopic (exact) mass is 437 g/mol. The zero-order valence-electron chi connectivity index (χ0n) is 18.4. The molecule has 9 nitrogen and oxygen atoms in total. The van der Waals surface area contributed by atoms with Gasteiger partial charge in [0.25, 0.3) is 0 Å². The van der Waals surface area contributed by atoms with Gasteiger partial charge in [0.1, 0.15) is 0 Å². The van der Waals surface area contributed by atoms with Crippen LogP contribution in [0.1, 0.15) is 24.4 Å². The lowest BCUT2D eigenvalue weighted by atomic mass is 10.1. The number of hydrogen-bond donors (Lipinski definition) is 2. The molecule has 2 N–H and O–H groups in total. The Morgan fingerprint density at radius 2 is 1.75 bits per heavy atom. The van der Waals surface area contributed by atoms with E-state index in [0.717, 1.165) is 88.7 Å². The van der Waals surface area contributed by atoms with Crippen LogP contribution in [-0.4, -0.2) is 77.3 Å². The van der Waals surface area contributed by atoms with Gasteiger partial charge in [-0.1, -0.05) is 12.1 Å². The van der Waals surface area contributed by atoms with E-state index in [1.807, 2.05) is 17.1 Å². The van der Waals surface area contributed by atoms with Crippen LogP contribution in [-0.2, 0) is 16.0 Å². The zero-order chi connectivity index (χ0) is 21.6. The van der Waals surface area contributed by atoms with E-state index >= 15 is 0 Å². The Morgan fingerprint density at radius 1 is 0.969 bits per heavy atom. The summed E-state index contributed by atoms with van der Waals surface area (Å²) in [6, 6.07) is 8.74. The topological polar surface area (TPSA) is 89.4 Å².